The van der Waals surface area contributed by atoms with E-state index >= 15 is 0 Å². The van der Waals surface area contributed by atoms with Gasteiger partial charge in [-0.2, -0.15) is 15.0 Å². The van der Waals surface area contributed by atoms with Gasteiger partial charge in [-0.15, -0.1) is 0 Å². The number of hydrogen-bond donors (Lipinski definition) is 2. The SMILES string of the molecule is CN(C)c1nc(N)nc(CN2C3CCC2CC(N)C3)n1. The van der Waals surface area contributed by atoms with Crippen molar-refractivity contribution in [2.75, 3.05) is 24.7 Å². The minimum absolute atomic E-state index is 0.291. The van der Waals surface area contributed by atoms with Crippen LogP contribution in [-0.2, 0) is 6.54 Å². The standard InChI is InChI=1S/C13H23N7/c1-19(2)13-17-11(16-12(15)18-13)7-20-9-3-4-10(20)6-8(14)5-9/h8-10H,3-7,14H2,1-2H3,(H2,15,16,17,18). The van der Waals surface area contributed by atoms with E-state index in [4.69, 9.17) is 11.5 Å². The number of hydrogen-bond acceptors (Lipinski definition) is 7. The number of fused-ring (bicyclic) bond motifs is 2. The van der Waals surface area contributed by atoms with E-state index in [-0.39, 0.29) is 0 Å². The molecule has 2 aliphatic heterocycles. The van der Waals surface area contributed by atoms with Crippen molar-refractivity contribution in [3.63, 3.8) is 0 Å². The molecule has 0 radical (unpaired) electrons. The molecule has 3 rings (SSSR count). The van der Waals surface area contributed by atoms with Crippen LogP contribution in [0.3, 0.4) is 0 Å². The van der Waals surface area contributed by atoms with Crippen LogP contribution in [0.5, 0.6) is 0 Å². The summed E-state index contributed by atoms with van der Waals surface area (Å²) in [6.07, 6.45) is 4.63. The number of aromatic nitrogens is 3. The highest BCUT2D eigenvalue weighted by molar-refractivity contribution is 5.32. The van der Waals surface area contributed by atoms with Gasteiger partial charge < -0.3 is 16.4 Å². The molecule has 0 spiro atoms. The van der Waals surface area contributed by atoms with Crippen molar-refractivity contribution >= 4 is 11.9 Å². The molecule has 7 nitrogen and oxygen atoms in total. The van der Waals surface area contributed by atoms with Gasteiger partial charge in [0, 0.05) is 32.2 Å². The van der Waals surface area contributed by atoms with Gasteiger partial charge in [0.15, 0.2) is 0 Å². The summed E-state index contributed by atoms with van der Waals surface area (Å²) in [5.74, 6) is 1.67. The summed E-state index contributed by atoms with van der Waals surface area (Å²) in [5.41, 5.74) is 11.9. The monoisotopic (exact) mass is 277 g/mol. The molecule has 20 heavy (non-hydrogen) atoms. The topological polar surface area (TPSA) is 97.2 Å². The van der Waals surface area contributed by atoms with Gasteiger partial charge in [0.2, 0.25) is 11.9 Å². The second kappa shape index (κ2) is 5.14. The van der Waals surface area contributed by atoms with Gasteiger partial charge in [-0.3, -0.25) is 4.90 Å². The zero-order chi connectivity index (χ0) is 14.3. The van der Waals surface area contributed by atoms with Crippen LogP contribution in [0.2, 0.25) is 0 Å². The predicted molar refractivity (Wildman–Crippen MR) is 78.1 cm³/mol. The lowest BCUT2D eigenvalue weighted by Crippen LogP contribution is -2.47. The van der Waals surface area contributed by atoms with Gasteiger partial charge in [-0.25, -0.2) is 0 Å². The third kappa shape index (κ3) is 2.55. The lowest BCUT2D eigenvalue weighted by molar-refractivity contribution is 0.116. The smallest absolute Gasteiger partial charge is 0.229 e. The highest BCUT2D eigenvalue weighted by Crippen LogP contribution is 2.35. The van der Waals surface area contributed by atoms with Gasteiger partial charge in [0.05, 0.1) is 6.54 Å². The van der Waals surface area contributed by atoms with Crippen molar-refractivity contribution in [1.82, 2.24) is 19.9 Å². The molecule has 1 aromatic rings. The van der Waals surface area contributed by atoms with Crippen molar-refractivity contribution in [1.29, 1.82) is 0 Å². The molecule has 3 heterocycles. The Balaban J connectivity index is 1.78. The van der Waals surface area contributed by atoms with Gasteiger partial charge >= 0.3 is 0 Å². The van der Waals surface area contributed by atoms with Crippen LogP contribution in [0.4, 0.5) is 11.9 Å². The summed E-state index contributed by atoms with van der Waals surface area (Å²) in [7, 11) is 3.81. The van der Waals surface area contributed by atoms with Crippen molar-refractivity contribution in [2.24, 2.45) is 5.73 Å². The van der Waals surface area contributed by atoms with E-state index in [9.17, 15) is 0 Å². The van der Waals surface area contributed by atoms with Crippen LogP contribution < -0.4 is 16.4 Å². The molecule has 7 heteroatoms. The maximum Gasteiger partial charge on any atom is 0.229 e. The Bertz CT molecular complexity index is 476. The Labute approximate surface area is 119 Å². The van der Waals surface area contributed by atoms with Gasteiger partial charge in [-0.1, -0.05) is 0 Å². The highest BCUT2D eigenvalue weighted by atomic mass is 15.3. The van der Waals surface area contributed by atoms with Crippen LogP contribution in [0.1, 0.15) is 31.5 Å². The number of nitrogens with two attached hydrogens (primary N) is 2. The Morgan fingerprint density at radius 3 is 2.40 bits per heavy atom. The first kappa shape index (κ1) is 13.5. The molecule has 110 valence electrons. The third-order valence-electron chi connectivity index (χ3n) is 4.33. The van der Waals surface area contributed by atoms with Crippen molar-refractivity contribution in [3.8, 4) is 0 Å². The van der Waals surface area contributed by atoms with E-state index in [0.717, 1.165) is 25.2 Å². The lowest BCUT2D eigenvalue weighted by atomic mass is 9.98. The summed E-state index contributed by atoms with van der Waals surface area (Å²) in [5, 5.41) is 0. The fraction of sp³-hybridized carbons (Fsp3) is 0.769. The Kier molecular flexibility index (Phi) is 3.47. The molecule has 2 bridgehead atoms. The Hall–Kier alpha value is -1.47. The van der Waals surface area contributed by atoms with E-state index < -0.39 is 0 Å². The van der Waals surface area contributed by atoms with Crippen LogP contribution in [0, 0.1) is 0 Å². The number of anilines is 2. The second-order valence-corrected chi connectivity index (χ2v) is 6.09. The van der Waals surface area contributed by atoms with E-state index in [2.05, 4.69) is 19.9 Å². The summed E-state index contributed by atoms with van der Waals surface area (Å²) < 4.78 is 0. The molecule has 0 aromatic carbocycles. The van der Waals surface area contributed by atoms with Gasteiger partial charge in [0.25, 0.3) is 0 Å². The van der Waals surface area contributed by atoms with E-state index in [1.54, 1.807) is 0 Å². The van der Waals surface area contributed by atoms with Crippen molar-refractivity contribution in [2.45, 2.75) is 50.4 Å². The molecular formula is C13H23N7. The fourth-order valence-corrected chi connectivity index (χ4v) is 3.43. The third-order valence-corrected chi connectivity index (χ3v) is 4.33. The molecule has 2 aliphatic rings. The first-order valence-electron chi connectivity index (χ1n) is 7.22. The summed E-state index contributed by atoms with van der Waals surface area (Å²) in [4.78, 5) is 17.3. The first-order valence-corrected chi connectivity index (χ1v) is 7.22. The van der Waals surface area contributed by atoms with Crippen LogP contribution >= 0.6 is 0 Å². The molecule has 0 saturated carbocycles. The largest absolute Gasteiger partial charge is 0.368 e. The lowest BCUT2D eigenvalue weighted by Gasteiger charge is -2.37. The predicted octanol–water partition coefficient (Wildman–Crippen LogP) is -0.0261. The average Bonchev–Trinajstić information content (AvgIpc) is 2.61. The van der Waals surface area contributed by atoms with Gasteiger partial charge in [0.1, 0.15) is 5.82 Å². The molecular weight excluding hydrogens is 254 g/mol. The molecule has 0 amide bonds. The Morgan fingerprint density at radius 1 is 1.15 bits per heavy atom. The van der Waals surface area contributed by atoms with Gasteiger partial charge in [-0.05, 0) is 25.7 Å². The summed E-state index contributed by atoms with van der Waals surface area (Å²) in [6.45, 7) is 0.746. The maximum absolute atomic E-state index is 6.10. The molecule has 2 fully saturated rings. The number of piperidine rings is 1. The molecule has 1 aromatic heterocycles. The van der Waals surface area contributed by atoms with E-state index in [1.165, 1.54) is 12.8 Å². The quantitative estimate of drug-likeness (QED) is 0.801. The molecule has 2 saturated heterocycles. The van der Waals surface area contributed by atoms with Crippen LogP contribution in [0.15, 0.2) is 0 Å². The molecule has 2 unspecified atom stereocenters. The number of rotatable bonds is 3. The van der Waals surface area contributed by atoms with E-state index in [0.29, 0.717) is 30.0 Å². The minimum Gasteiger partial charge on any atom is -0.368 e. The van der Waals surface area contributed by atoms with E-state index in [1.807, 2.05) is 19.0 Å². The Morgan fingerprint density at radius 2 is 1.80 bits per heavy atom. The molecule has 4 N–H and O–H groups in total. The number of nitrogens with zero attached hydrogens (tertiary/aromatic N) is 5. The zero-order valence-electron chi connectivity index (χ0n) is 12.2. The molecule has 2 atom stereocenters. The molecule has 0 aliphatic carbocycles. The minimum atomic E-state index is 0.291. The average molecular weight is 277 g/mol. The maximum atomic E-state index is 6.10. The first-order chi connectivity index (χ1) is 9.52. The van der Waals surface area contributed by atoms with Crippen LogP contribution in [-0.4, -0.2) is 52.1 Å². The zero-order valence-corrected chi connectivity index (χ0v) is 12.2. The van der Waals surface area contributed by atoms with Crippen molar-refractivity contribution in [3.05, 3.63) is 5.82 Å². The normalized spacial score (nSPS) is 29.6. The summed E-state index contributed by atoms with van der Waals surface area (Å²) in [6, 6.07) is 1.50. The van der Waals surface area contributed by atoms with Crippen LogP contribution in [0.25, 0.3) is 0 Å². The highest BCUT2D eigenvalue weighted by Gasteiger charge is 2.39. The summed E-state index contributed by atoms with van der Waals surface area (Å²) >= 11 is 0. The number of nitrogen functional groups attached to an aromatic ring is 1. The van der Waals surface area contributed by atoms with Crippen molar-refractivity contribution < 1.29 is 0 Å². The fourth-order valence-electron chi connectivity index (χ4n) is 3.43. The second-order valence-electron chi connectivity index (χ2n) is 6.09.